The maximum atomic E-state index is 12.7. The number of fused-ring (bicyclic) bond motifs is 1. The van der Waals surface area contributed by atoms with Crippen molar-refractivity contribution in [3.8, 4) is 5.75 Å². The molecule has 29 heavy (non-hydrogen) atoms. The lowest BCUT2D eigenvalue weighted by molar-refractivity contribution is -0.545. The molecule has 0 saturated carbocycles. The van der Waals surface area contributed by atoms with Gasteiger partial charge in [0.15, 0.2) is 0 Å². The van der Waals surface area contributed by atoms with Crippen molar-refractivity contribution < 1.29 is 29.1 Å². The molecule has 1 aromatic rings. The van der Waals surface area contributed by atoms with Crippen molar-refractivity contribution in [3.05, 3.63) is 29.3 Å². The predicted octanol–water partition coefficient (Wildman–Crippen LogP) is -0.665. The monoisotopic (exact) mass is 424 g/mol. The zero-order chi connectivity index (χ0) is 21.1. The molecule has 0 aliphatic carbocycles. The van der Waals surface area contributed by atoms with Crippen LogP contribution in [-0.2, 0) is 4.79 Å². The third-order valence-corrected chi connectivity index (χ3v) is 4.84. The molecule has 10 nitrogen and oxygen atoms in total. The number of imide groups is 1. The Balaban J connectivity index is 1.76. The molecule has 156 valence electrons. The summed E-state index contributed by atoms with van der Waals surface area (Å²) in [5.41, 5.74) is 0. The Labute approximate surface area is 172 Å². The molecule has 2 aliphatic heterocycles. The number of urea groups is 1. The third-order valence-electron chi connectivity index (χ3n) is 4.59. The SMILES string of the molecule is CN1C(=O)C2C(=NC(NCCO)=[N+]2CC(O)COc2ccc(Cl)cc2)N(C)C1=O. The number of carbonyl (C=O) groups is 2. The van der Waals surface area contributed by atoms with E-state index in [4.69, 9.17) is 21.4 Å². The van der Waals surface area contributed by atoms with Gasteiger partial charge in [-0.15, -0.1) is 0 Å². The summed E-state index contributed by atoms with van der Waals surface area (Å²) < 4.78 is 7.14. The Morgan fingerprint density at radius 3 is 2.62 bits per heavy atom. The Kier molecular flexibility index (Phi) is 6.36. The third kappa shape index (κ3) is 4.34. The standard InChI is InChI=1S/C18H22ClN5O5/c1-22-15-14(16(27)23(2)18(22)28)24(17(21-15)20-7-8-25)9-12(26)10-29-13-5-3-11(19)4-6-13/h3-6,12,14,25-26H,7-10H2,1-2H3/p+1. The summed E-state index contributed by atoms with van der Waals surface area (Å²) in [4.78, 5) is 31.6. The Morgan fingerprint density at radius 1 is 1.28 bits per heavy atom. The smallest absolute Gasteiger partial charge is 0.390 e. The van der Waals surface area contributed by atoms with Crippen LogP contribution in [0.15, 0.2) is 29.3 Å². The number of amides is 3. The van der Waals surface area contributed by atoms with Crippen LogP contribution in [0.3, 0.4) is 0 Å². The molecule has 0 bridgehead atoms. The zero-order valence-electron chi connectivity index (χ0n) is 16.1. The number of aliphatic hydroxyl groups excluding tert-OH is 2. The van der Waals surface area contributed by atoms with Crippen LogP contribution < -0.4 is 10.1 Å². The zero-order valence-corrected chi connectivity index (χ0v) is 16.8. The van der Waals surface area contributed by atoms with Gasteiger partial charge in [0, 0.05) is 19.1 Å². The molecule has 2 heterocycles. The number of nitrogens with one attached hydrogen (secondary N) is 1. The molecule has 11 heteroatoms. The number of β-amino-alcohol motifs (C(OH)–C–C–N with tert-alkyl or cyclic N) is 1. The molecule has 0 spiro atoms. The van der Waals surface area contributed by atoms with Crippen LogP contribution >= 0.6 is 11.6 Å². The Hall–Kier alpha value is -2.69. The number of nitrogens with zero attached hydrogens (tertiary/aromatic N) is 4. The number of halogens is 1. The van der Waals surface area contributed by atoms with Crippen LogP contribution in [0.5, 0.6) is 5.75 Å². The number of aliphatic imine (C=N–C) groups is 1. The van der Waals surface area contributed by atoms with Gasteiger partial charge in [0.05, 0.1) is 19.7 Å². The lowest BCUT2D eigenvalue weighted by atomic mass is 10.1. The number of rotatable bonds is 7. The van der Waals surface area contributed by atoms with Crippen LogP contribution in [-0.4, -0.2) is 101 Å². The maximum absolute atomic E-state index is 12.7. The van der Waals surface area contributed by atoms with Crippen molar-refractivity contribution in [2.24, 2.45) is 4.99 Å². The van der Waals surface area contributed by atoms with Gasteiger partial charge >= 0.3 is 12.0 Å². The number of ether oxygens (including phenoxy) is 1. The topological polar surface area (TPSA) is 118 Å². The summed E-state index contributed by atoms with van der Waals surface area (Å²) in [5.74, 6) is 0.670. The number of likely N-dealkylation sites (N-methyl/N-ethyl adjacent to an activating group) is 2. The molecule has 1 saturated heterocycles. The molecule has 1 fully saturated rings. The van der Waals surface area contributed by atoms with E-state index in [9.17, 15) is 14.7 Å². The molecule has 3 N–H and O–H groups in total. The van der Waals surface area contributed by atoms with Crippen molar-refractivity contribution in [2.45, 2.75) is 12.1 Å². The number of aliphatic hydroxyl groups is 2. The van der Waals surface area contributed by atoms with Gasteiger partial charge in [-0.2, -0.15) is 0 Å². The number of amidine groups is 1. The molecule has 0 radical (unpaired) electrons. The normalized spacial score (nSPS) is 20.0. The number of hydrogen-bond acceptors (Lipinski definition) is 7. The fraction of sp³-hybridized carbons (Fsp3) is 0.444. The minimum absolute atomic E-state index is 0.0216. The highest BCUT2D eigenvalue weighted by Gasteiger charge is 2.51. The second-order valence-corrected chi connectivity index (χ2v) is 7.09. The van der Waals surface area contributed by atoms with Gasteiger partial charge in [0.2, 0.25) is 11.9 Å². The van der Waals surface area contributed by atoms with E-state index in [1.54, 1.807) is 28.8 Å². The van der Waals surface area contributed by atoms with Crippen LogP contribution in [0, 0.1) is 0 Å². The van der Waals surface area contributed by atoms with Crippen LogP contribution in [0.2, 0.25) is 5.02 Å². The number of hydrogen-bond donors (Lipinski definition) is 3. The van der Waals surface area contributed by atoms with E-state index in [1.165, 1.54) is 19.0 Å². The maximum Gasteiger partial charge on any atom is 0.390 e. The average Bonchev–Trinajstić information content (AvgIpc) is 3.07. The van der Waals surface area contributed by atoms with Crippen LogP contribution in [0.25, 0.3) is 0 Å². The van der Waals surface area contributed by atoms with Crippen LogP contribution in [0.4, 0.5) is 4.79 Å². The average molecular weight is 425 g/mol. The van der Waals surface area contributed by atoms with Crippen molar-refractivity contribution in [2.75, 3.05) is 40.4 Å². The highest BCUT2D eigenvalue weighted by Crippen LogP contribution is 2.19. The summed E-state index contributed by atoms with van der Waals surface area (Å²) in [7, 11) is 2.93. The van der Waals surface area contributed by atoms with Crippen molar-refractivity contribution in [1.82, 2.24) is 15.1 Å². The molecule has 3 amide bonds. The van der Waals surface area contributed by atoms with E-state index in [1.807, 2.05) is 0 Å². The predicted molar refractivity (Wildman–Crippen MR) is 105 cm³/mol. The fourth-order valence-electron chi connectivity index (χ4n) is 3.10. The van der Waals surface area contributed by atoms with Gasteiger partial charge in [-0.3, -0.25) is 19.9 Å². The first-order valence-electron chi connectivity index (χ1n) is 9.02. The van der Waals surface area contributed by atoms with Gasteiger partial charge in [-0.05, 0) is 24.3 Å². The van der Waals surface area contributed by atoms with Crippen molar-refractivity contribution in [1.29, 1.82) is 0 Å². The van der Waals surface area contributed by atoms with E-state index in [-0.39, 0.29) is 32.1 Å². The lowest BCUT2D eigenvalue weighted by Gasteiger charge is -2.32. The molecule has 1 aromatic carbocycles. The first-order chi connectivity index (χ1) is 13.8. The van der Waals surface area contributed by atoms with Crippen molar-refractivity contribution >= 4 is 35.3 Å². The molecule has 2 aliphatic rings. The lowest BCUT2D eigenvalue weighted by Crippen LogP contribution is -2.62. The van der Waals surface area contributed by atoms with Crippen molar-refractivity contribution in [3.63, 3.8) is 0 Å². The highest BCUT2D eigenvalue weighted by molar-refractivity contribution is 6.30. The quantitative estimate of drug-likeness (QED) is 0.500. The number of carbonyl (C=O) groups excluding carboxylic acids is 2. The van der Waals surface area contributed by atoms with E-state index < -0.39 is 24.1 Å². The minimum atomic E-state index is -0.952. The van der Waals surface area contributed by atoms with Gasteiger partial charge in [-0.25, -0.2) is 9.37 Å². The minimum Gasteiger partial charge on any atom is -0.491 e. The second kappa shape index (κ2) is 8.76. The van der Waals surface area contributed by atoms with Gasteiger partial charge in [0.1, 0.15) is 18.5 Å². The summed E-state index contributed by atoms with van der Waals surface area (Å²) in [6.07, 6.45) is -0.952. The Bertz CT molecular complexity index is 857. The summed E-state index contributed by atoms with van der Waals surface area (Å²) >= 11 is 5.84. The largest absolute Gasteiger partial charge is 0.491 e. The molecule has 0 aromatic heterocycles. The first-order valence-corrected chi connectivity index (χ1v) is 9.40. The Morgan fingerprint density at radius 2 is 1.97 bits per heavy atom. The number of guanidine groups is 1. The molecule has 2 unspecified atom stereocenters. The number of benzene rings is 1. The van der Waals surface area contributed by atoms with E-state index in [2.05, 4.69) is 10.3 Å². The second-order valence-electron chi connectivity index (χ2n) is 6.66. The van der Waals surface area contributed by atoms with E-state index in [0.717, 1.165) is 4.90 Å². The molecule has 3 rings (SSSR count). The highest BCUT2D eigenvalue weighted by atomic mass is 35.5. The molecular formula is C18H23ClN5O5+. The van der Waals surface area contributed by atoms with E-state index >= 15 is 0 Å². The van der Waals surface area contributed by atoms with Gasteiger partial charge < -0.3 is 14.9 Å². The summed E-state index contributed by atoms with van der Waals surface area (Å²) in [6, 6.07) is 5.39. The molecular weight excluding hydrogens is 402 g/mol. The van der Waals surface area contributed by atoms with E-state index in [0.29, 0.717) is 16.7 Å². The molecule has 2 atom stereocenters. The van der Waals surface area contributed by atoms with Crippen LogP contribution in [0.1, 0.15) is 0 Å². The summed E-state index contributed by atoms with van der Waals surface area (Å²) in [5, 5.41) is 23.1. The fourth-order valence-corrected chi connectivity index (χ4v) is 3.23. The summed E-state index contributed by atoms with van der Waals surface area (Å²) in [6.45, 7) is 0.0685. The first kappa shape index (κ1) is 21.0. The van der Waals surface area contributed by atoms with Gasteiger partial charge in [0.25, 0.3) is 5.91 Å². The van der Waals surface area contributed by atoms with Gasteiger partial charge in [-0.1, -0.05) is 16.6 Å².